The lowest BCUT2D eigenvalue weighted by molar-refractivity contribution is 0.0734. The molecule has 1 fully saturated rings. The summed E-state index contributed by atoms with van der Waals surface area (Å²) in [6, 6.07) is 7.53. The van der Waals surface area contributed by atoms with Gasteiger partial charge in [-0.15, -0.1) is 0 Å². The summed E-state index contributed by atoms with van der Waals surface area (Å²) < 4.78 is 15.9. The van der Waals surface area contributed by atoms with Crippen LogP contribution in [0, 0.1) is 0 Å². The largest absolute Gasteiger partial charge is 0.497 e. The Morgan fingerprint density at radius 3 is 3.16 bits per heavy atom. The van der Waals surface area contributed by atoms with Crippen LogP contribution in [0.15, 0.2) is 28.8 Å². The molecule has 1 aliphatic rings. The molecule has 1 aromatic carbocycles. The van der Waals surface area contributed by atoms with E-state index in [1.54, 1.807) is 7.11 Å². The highest BCUT2D eigenvalue weighted by molar-refractivity contribution is 5.55. The van der Waals surface area contributed by atoms with E-state index in [0.29, 0.717) is 18.3 Å². The molecule has 19 heavy (non-hydrogen) atoms. The predicted octanol–water partition coefficient (Wildman–Crippen LogP) is 1.41. The molecule has 2 heterocycles. The third-order valence-electron chi connectivity index (χ3n) is 2.99. The van der Waals surface area contributed by atoms with Crippen LogP contribution in [0.5, 0.6) is 5.75 Å². The van der Waals surface area contributed by atoms with E-state index in [4.69, 9.17) is 14.0 Å². The van der Waals surface area contributed by atoms with E-state index >= 15 is 0 Å². The fourth-order valence-electron chi connectivity index (χ4n) is 1.98. The van der Waals surface area contributed by atoms with Crippen molar-refractivity contribution in [1.29, 1.82) is 0 Å². The Morgan fingerprint density at radius 2 is 2.37 bits per heavy atom. The van der Waals surface area contributed by atoms with Gasteiger partial charge in [-0.05, 0) is 18.2 Å². The first-order valence-electron chi connectivity index (χ1n) is 6.16. The van der Waals surface area contributed by atoms with E-state index in [9.17, 15) is 0 Å². The number of rotatable bonds is 3. The summed E-state index contributed by atoms with van der Waals surface area (Å²) in [6.07, 6.45) is 0. The zero-order valence-electron chi connectivity index (χ0n) is 10.6. The topological polar surface area (TPSA) is 69.4 Å². The molecule has 0 radical (unpaired) electrons. The minimum atomic E-state index is -0.00291. The van der Waals surface area contributed by atoms with Crippen LogP contribution < -0.4 is 10.1 Å². The second-order valence-corrected chi connectivity index (χ2v) is 4.27. The van der Waals surface area contributed by atoms with Crippen LogP contribution in [0.1, 0.15) is 11.9 Å². The van der Waals surface area contributed by atoms with Crippen molar-refractivity contribution in [1.82, 2.24) is 15.5 Å². The second-order valence-electron chi connectivity index (χ2n) is 4.27. The molecule has 3 rings (SSSR count). The number of hydrogen-bond donors (Lipinski definition) is 1. The number of morpholine rings is 1. The zero-order chi connectivity index (χ0) is 13.1. The second kappa shape index (κ2) is 5.38. The third kappa shape index (κ3) is 2.59. The number of nitrogens with one attached hydrogen (secondary N) is 1. The first-order valence-corrected chi connectivity index (χ1v) is 6.16. The van der Waals surface area contributed by atoms with Crippen LogP contribution in [0.4, 0.5) is 0 Å². The average molecular weight is 261 g/mol. The Hall–Kier alpha value is -1.92. The maximum absolute atomic E-state index is 5.38. The van der Waals surface area contributed by atoms with Gasteiger partial charge in [0, 0.05) is 12.1 Å². The number of hydrogen-bond acceptors (Lipinski definition) is 6. The van der Waals surface area contributed by atoms with E-state index in [-0.39, 0.29) is 6.04 Å². The minimum absolute atomic E-state index is 0.00291. The molecule has 0 saturated carbocycles. The number of nitrogens with zero attached hydrogens (tertiary/aromatic N) is 2. The van der Waals surface area contributed by atoms with Gasteiger partial charge in [0.15, 0.2) is 5.82 Å². The van der Waals surface area contributed by atoms with E-state index in [0.717, 1.165) is 24.5 Å². The van der Waals surface area contributed by atoms with Crippen molar-refractivity contribution in [3.63, 3.8) is 0 Å². The number of aromatic nitrogens is 2. The average Bonchev–Trinajstić information content (AvgIpc) is 2.98. The molecular weight excluding hydrogens is 246 g/mol. The molecule has 0 amide bonds. The molecule has 6 nitrogen and oxygen atoms in total. The van der Waals surface area contributed by atoms with E-state index in [2.05, 4.69) is 15.5 Å². The highest BCUT2D eigenvalue weighted by Crippen LogP contribution is 2.23. The van der Waals surface area contributed by atoms with Crippen LogP contribution in [0.2, 0.25) is 0 Å². The summed E-state index contributed by atoms with van der Waals surface area (Å²) in [5, 5.41) is 7.29. The molecule has 100 valence electrons. The minimum Gasteiger partial charge on any atom is -0.497 e. The first kappa shape index (κ1) is 12.1. The molecule has 1 atom stereocenters. The maximum Gasteiger partial charge on any atom is 0.258 e. The molecule has 1 saturated heterocycles. The highest BCUT2D eigenvalue weighted by atomic mass is 16.5. The Balaban J connectivity index is 1.83. The predicted molar refractivity (Wildman–Crippen MR) is 67.8 cm³/mol. The summed E-state index contributed by atoms with van der Waals surface area (Å²) in [5.74, 6) is 1.87. The SMILES string of the molecule is COc1cccc(-c2nc(C3COCCN3)no2)c1. The van der Waals surface area contributed by atoms with Gasteiger partial charge >= 0.3 is 0 Å². The molecule has 1 aromatic heterocycles. The van der Waals surface area contributed by atoms with Gasteiger partial charge in [-0.1, -0.05) is 11.2 Å². The van der Waals surface area contributed by atoms with Crippen LogP contribution in [0.25, 0.3) is 11.5 Å². The van der Waals surface area contributed by atoms with Gasteiger partial charge in [0.2, 0.25) is 0 Å². The van der Waals surface area contributed by atoms with Gasteiger partial charge in [-0.3, -0.25) is 0 Å². The molecule has 0 spiro atoms. The highest BCUT2D eigenvalue weighted by Gasteiger charge is 2.21. The lowest BCUT2D eigenvalue weighted by Gasteiger charge is -2.20. The quantitative estimate of drug-likeness (QED) is 0.900. The van der Waals surface area contributed by atoms with Gasteiger partial charge in [0.1, 0.15) is 5.75 Å². The molecular formula is C13H15N3O3. The van der Waals surface area contributed by atoms with E-state index in [1.165, 1.54) is 0 Å². The van der Waals surface area contributed by atoms with Crippen molar-refractivity contribution in [3.8, 4) is 17.2 Å². The summed E-state index contributed by atoms with van der Waals surface area (Å²) in [7, 11) is 1.63. The fraction of sp³-hybridized carbons (Fsp3) is 0.385. The molecule has 1 N–H and O–H groups in total. The van der Waals surface area contributed by atoms with E-state index in [1.807, 2.05) is 24.3 Å². The lowest BCUT2D eigenvalue weighted by atomic mass is 10.2. The van der Waals surface area contributed by atoms with Crippen LogP contribution in [0.3, 0.4) is 0 Å². The van der Waals surface area contributed by atoms with Gasteiger partial charge in [0.05, 0.1) is 26.4 Å². The maximum atomic E-state index is 5.38. The Kier molecular flexibility index (Phi) is 3.43. The van der Waals surface area contributed by atoms with Crippen molar-refractivity contribution in [2.75, 3.05) is 26.9 Å². The van der Waals surface area contributed by atoms with Crippen molar-refractivity contribution in [2.45, 2.75) is 6.04 Å². The van der Waals surface area contributed by atoms with Crippen LogP contribution in [-0.2, 0) is 4.74 Å². The Bertz CT molecular complexity index is 550. The van der Waals surface area contributed by atoms with Crippen LogP contribution >= 0.6 is 0 Å². The molecule has 0 aliphatic carbocycles. The molecule has 2 aromatic rings. The monoisotopic (exact) mass is 261 g/mol. The fourth-order valence-corrected chi connectivity index (χ4v) is 1.98. The van der Waals surface area contributed by atoms with Crippen molar-refractivity contribution < 1.29 is 14.0 Å². The van der Waals surface area contributed by atoms with Crippen molar-refractivity contribution in [3.05, 3.63) is 30.1 Å². The first-order chi connectivity index (χ1) is 9.36. The standard InChI is InChI=1S/C13H15N3O3/c1-17-10-4-2-3-9(7-10)13-15-12(16-19-13)11-8-18-6-5-14-11/h2-4,7,11,14H,5-6,8H2,1H3. The number of methoxy groups -OCH3 is 1. The van der Waals surface area contributed by atoms with Crippen LogP contribution in [-0.4, -0.2) is 37.0 Å². The lowest BCUT2D eigenvalue weighted by Crippen LogP contribution is -2.35. The number of ether oxygens (including phenoxy) is 2. The number of benzene rings is 1. The smallest absolute Gasteiger partial charge is 0.258 e. The third-order valence-corrected chi connectivity index (χ3v) is 2.99. The summed E-state index contributed by atoms with van der Waals surface area (Å²) in [6.45, 7) is 2.09. The normalized spacial score (nSPS) is 19.3. The van der Waals surface area contributed by atoms with Gasteiger partial charge < -0.3 is 19.3 Å². The van der Waals surface area contributed by atoms with Crippen molar-refractivity contribution >= 4 is 0 Å². The Morgan fingerprint density at radius 1 is 1.42 bits per heavy atom. The summed E-state index contributed by atoms with van der Waals surface area (Å²) in [5.41, 5.74) is 0.842. The van der Waals surface area contributed by atoms with Crippen molar-refractivity contribution in [2.24, 2.45) is 0 Å². The Labute approximate surface area is 110 Å². The molecule has 1 unspecified atom stereocenters. The molecule has 0 bridgehead atoms. The zero-order valence-corrected chi connectivity index (χ0v) is 10.6. The van der Waals surface area contributed by atoms with Gasteiger partial charge in [-0.25, -0.2) is 0 Å². The van der Waals surface area contributed by atoms with E-state index < -0.39 is 0 Å². The summed E-state index contributed by atoms with van der Waals surface area (Å²) in [4.78, 5) is 4.40. The summed E-state index contributed by atoms with van der Waals surface area (Å²) >= 11 is 0. The van der Waals surface area contributed by atoms with Gasteiger partial charge in [-0.2, -0.15) is 4.98 Å². The molecule has 6 heteroatoms. The van der Waals surface area contributed by atoms with Gasteiger partial charge in [0.25, 0.3) is 5.89 Å². The molecule has 1 aliphatic heterocycles.